The van der Waals surface area contributed by atoms with Crippen molar-refractivity contribution in [3.63, 3.8) is 0 Å². The molecule has 1 aromatic heterocycles. The molecule has 0 unspecified atom stereocenters. The van der Waals surface area contributed by atoms with Crippen molar-refractivity contribution in [3.8, 4) is 0 Å². The van der Waals surface area contributed by atoms with E-state index in [9.17, 15) is 23.6 Å². The van der Waals surface area contributed by atoms with Gasteiger partial charge in [-0.15, -0.1) is 0 Å². The minimum Gasteiger partial charge on any atom is -0.451 e. The molecule has 3 amide bonds. The van der Waals surface area contributed by atoms with Gasteiger partial charge in [-0.3, -0.25) is 19.2 Å². The maximum absolute atomic E-state index is 14.4. The molecule has 0 bridgehead atoms. The lowest BCUT2D eigenvalue weighted by molar-refractivity contribution is -0.123. The van der Waals surface area contributed by atoms with Gasteiger partial charge in [-0.25, -0.2) is 4.39 Å². The minimum atomic E-state index is -1.16. The Bertz CT molecular complexity index is 1710. The van der Waals surface area contributed by atoms with Crippen molar-refractivity contribution in [2.45, 2.75) is 50.5 Å². The smallest absolute Gasteiger partial charge is 0.287 e. The van der Waals surface area contributed by atoms with Gasteiger partial charge in [0.2, 0.25) is 5.91 Å². The van der Waals surface area contributed by atoms with Crippen LogP contribution in [0.3, 0.4) is 0 Å². The van der Waals surface area contributed by atoms with E-state index >= 15 is 0 Å². The van der Waals surface area contributed by atoms with Crippen LogP contribution in [0.15, 0.2) is 77.2 Å². The molecule has 2 heterocycles. The molecule has 6 rings (SSSR count). The van der Waals surface area contributed by atoms with Crippen LogP contribution in [-0.4, -0.2) is 42.1 Å². The third-order valence-electron chi connectivity index (χ3n) is 8.36. The lowest BCUT2D eigenvalue weighted by atomic mass is 9.80. The Morgan fingerprint density at radius 1 is 0.841 bits per heavy atom. The van der Waals surface area contributed by atoms with Gasteiger partial charge in [0.1, 0.15) is 16.9 Å². The summed E-state index contributed by atoms with van der Waals surface area (Å²) in [6.07, 6.45) is 4.55. The van der Waals surface area contributed by atoms with E-state index in [4.69, 9.17) is 4.42 Å². The summed E-state index contributed by atoms with van der Waals surface area (Å²) in [6, 6.07) is 19.7. The molecule has 0 radical (unpaired) electrons. The molecule has 3 N–H and O–H groups in total. The molecular formula is C34H33FN4O5. The zero-order valence-corrected chi connectivity index (χ0v) is 24.2. The number of benzene rings is 3. The highest BCUT2D eigenvalue weighted by Crippen LogP contribution is 2.34. The lowest BCUT2D eigenvalue weighted by Gasteiger charge is -2.36. The normalized spacial score (nSPS) is 16.4. The van der Waals surface area contributed by atoms with E-state index in [1.54, 1.807) is 36.4 Å². The van der Waals surface area contributed by atoms with Crippen molar-refractivity contribution >= 4 is 51.5 Å². The second-order valence-corrected chi connectivity index (χ2v) is 11.4. The number of piperidine rings is 1. The minimum absolute atomic E-state index is 0.0828. The molecule has 10 heteroatoms. The molecule has 9 nitrogen and oxygen atoms in total. The number of hydrogen-bond donors (Lipinski definition) is 3. The highest BCUT2D eigenvalue weighted by Gasteiger charge is 2.41. The zero-order valence-electron chi connectivity index (χ0n) is 24.2. The van der Waals surface area contributed by atoms with E-state index < -0.39 is 23.2 Å². The van der Waals surface area contributed by atoms with Crippen molar-refractivity contribution < 1.29 is 28.0 Å². The molecule has 1 aliphatic carbocycles. The number of nitrogens with zero attached hydrogens (tertiary/aromatic N) is 1. The predicted octanol–water partition coefficient (Wildman–Crippen LogP) is 6.06. The van der Waals surface area contributed by atoms with Crippen LogP contribution < -0.4 is 20.9 Å². The van der Waals surface area contributed by atoms with E-state index in [1.165, 1.54) is 18.2 Å². The van der Waals surface area contributed by atoms with Crippen molar-refractivity contribution in [1.29, 1.82) is 0 Å². The molecule has 226 valence electrons. The summed E-state index contributed by atoms with van der Waals surface area (Å²) in [5.41, 5.74) is 0.593. The van der Waals surface area contributed by atoms with Crippen molar-refractivity contribution in [3.05, 3.63) is 89.9 Å². The van der Waals surface area contributed by atoms with E-state index in [-0.39, 0.29) is 29.6 Å². The maximum atomic E-state index is 14.4. The van der Waals surface area contributed by atoms with Crippen LogP contribution in [0.25, 0.3) is 11.0 Å². The van der Waals surface area contributed by atoms with Gasteiger partial charge in [-0.1, -0.05) is 49.6 Å². The Morgan fingerprint density at radius 2 is 1.61 bits per heavy atom. The molecule has 1 aliphatic heterocycles. The van der Waals surface area contributed by atoms with Gasteiger partial charge in [-0.2, -0.15) is 0 Å². The topological polar surface area (TPSA) is 121 Å². The molecule has 4 aromatic rings. The SMILES string of the molecule is O=C1CCCN(c2ccc(NC(=O)C3(NC(=O)c4cc5ccccc5o4)CCCCC3)cc2NC(=O)c2ccccc2F)C1. The summed E-state index contributed by atoms with van der Waals surface area (Å²) < 4.78 is 20.2. The molecule has 0 spiro atoms. The number of para-hydroxylation sites is 1. The third-order valence-corrected chi connectivity index (χ3v) is 8.36. The van der Waals surface area contributed by atoms with Crippen LogP contribution in [0.4, 0.5) is 21.5 Å². The Balaban J connectivity index is 1.27. The van der Waals surface area contributed by atoms with Gasteiger partial charge in [0.15, 0.2) is 11.5 Å². The lowest BCUT2D eigenvalue weighted by Crippen LogP contribution is -2.57. The third kappa shape index (κ3) is 6.06. The first-order valence-electron chi connectivity index (χ1n) is 14.9. The van der Waals surface area contributed by atoms with E-state index in [0.29, 0.717) is 54.9 Å². The van der Waals surface area contributed by atoms with Crippen molar-refractivity contribution in [2.75, 3.05) is 28.6 Å². The summed E-state index contributed by atoms with van der Waals surface area (Å²) in [6.45, 7) is 0.794. The Morgan fingerprint density at radius 3 is 2.39 bits per heavy atom. The van der Waals surface area contributed by atoms with Gasteiger partial charge in [-0.05, 0) is 61.7 Å². The van der Waals surface area contributed by atoms with Gasteiger partial charge < -0.3 is 25.3 Å². The van der Waals surface area contributed by atoms with Crippen LogP contribution in [0, 0.1) is 5.82 Å². The van der Waals surface area contributed by atoms with Gasteiger partial charge in [0.25, 0.3) is 11.8 Å². The average Bonchev–Trinajstić information content (AvgIpc) is 3.47. The number of amides is 3. The summed E-state index contributed by atoms with van der Waals surface area (Å²) in [5.74, 6) is -1.96. The molecule has 44 heavy (non-hydrogen) atoms. The van der Waals surface area contributed by atoms with Crippen LogP contribution in [0.2, 0.25) is 0 Å². The first-order valence-corrected chi connectivity index (χ1v) is 14.9. The number of ketones is 1. The highest BCUT2D eigenvalue weighted by atomic mass is 19.1. The van der Waals surface area contributed by atoms with E-state index in [2.05, 4.69) is 16.0 Å². The summed E-state index contributed by atoms with van der Waals surface area (Å²) in [4.78, 5) is 54.4. The van der Waals surface area contributed by atoms with E-state index in [1.807, 2.05) is 23.1 Å². The van der Waals surface area contributed by atoms with Crippen molar-refractivity contribution in [1.82, 2.24) is 5.32 Å². The maximum Gasteiger partial charge on any atom is 0.287 e. The molecule has 3 aromatic carbocycles. The van der Waals surface area contributed by atoms with Crippen molar-refractivity contribution in [2.24, 2.45) is 0 Å². The number of hydrogen-bond acceptors (Lipinski definition) is 6. The fourth-order valence-corrected chi connectivity index (χ4v) is 6.06. The van der Waals surface area contributed by atoms with Crippen LogP contribution in [0.1, 0.15) is 65.9 Å². The largest absolute Gasteiger partial charge is 0.451 e. The number of fused-ring (bicyclic) bond motifs is 1. The van der Waals surface area contributed by atoms with Gasteiger partial charge in [0, 0.05) is 24.0 Å². The molecular weight excluding hydrogens is 563 g/mol. The highest BCUT2D eigenvalue weighted by molar-refractivity contribution is 6.08. The van der Waals surface area contributed by atoms with Gasteiger partial charge in [0.05, 0.1) is 23.5 Å². The second-order valence-electron chi connectivity index (χ2n) is 11.4. The number of halogens is 1. The summed E-state index contributed by atoms with van der Waals surface area (Å²) >= 11 is 0. The van der Waals surface area contributed by atoms with E-state index in [0.717, 1.165) is 24.6 Å². The summed E-state index contributed by atoms with van der Waals surface area (Å²) in [7, 11) is 0. The average molecular weight is 597 g/mol. The number of anilines is 3. The first kappa shape index (κ1) is 29.1. The summed E-state index contributed by atoms with van der Waals surface area (Å²) in [5, 5.41) is 9.49. The quantitative estimate of drug-likeness (QED) is 0.238. The Hall–Kier alpha value is -4.99. The van der Waals surface area contributed by atoms with Gasteiger partial charge >= 0.3 is 0 Å². The first-order chi connectivity index (χ1) is 21.3. The fourth-order valence-electron chi connectivity index (χ4n) is 6.06. The number of Topliss-reactive ketones (excluding diaryl/α,β-unsaturated/α-hetero) is 1. The number of carbonyl (C=O) groups excluding carboxylic acids is 4. The molecule has 2 fully saturated rings. The predicted molar refractivity (Wildman–Crippen MR) is 165 cm³/mol. The standard InChI is InChI=1S/C34H33FN4O5/c35-26-12-4-3-11-25(26)31(41)37-27-20-23(14-15-28(27)39-18-8-10-24(40)21-39)36-33(43)34(16-6-1-7-17-34)38-32(42)30-19-22-9-2-5-13-29(22)44-30/h2-5,9,11-15,19-20H,1,6-8,10,16-18,21H2,(H,36,43)(H,37,41)(H,38,42). The monoisotopic (exact) mass is 596 g/mol. The zero-order chi connectivity index (χ0) is 30.7. The Kier molecular flexibility index (Phi) is 8.15. The fraction of sp³-hybridized carbons (Fsp3) is 0.294. The van der Waals surface area contributed by atoms with Crippen LogP contribution in [-0.2, 0) is 9.59 Å². The number of nitrogens with one attached hydrogen (secondary N) is 3. The molecule has 1 saturated heterocycles. The number of furan rings is 1. The van der Waals surface area contributed by atoms with Crippen LogP contribution in [0.5, 0.6) is 0 Å². The Labute approximate surface area is 253 Å². The number of carbonyl (C=O) groups is 4. The second kappa shape index (κ2) is 12.3. The number of rotatable bonds is 7. The molecule has 2 aliphatic rings. The molecule has 0 atom stereocenters. The molecule has 1 saturated carbocycles. The van der Waals surface area contributed by atoms with Crippen LogP contribution >= 0.6 is 0 Å².